The van der Waals surface area contributed by atoms with Gasteiger partial charge in [-0.15, -0.1) is 11.3 Å². The molecule has 2 heterocycles. The van der Waals surface area contributed by atoms with Crippen LogP contribution in [0.4, 0.5) is 5.00 Å². The van der Waals surface area contributed by atoms with Crippen molar-refractivity contribution in [3.63, 3.8) is 0 Å². The maximum atomic E-state index is 12.4. The molecule has 0 aliphatic rings. The first kappa shape index (κ1) is 20.0. The molecule has 0 amide bonds. The highest BCUT2D eigenvalue weighted by Crippen LogP contribution is 2.35. The number of carbonyl (C=O) groups is 1. The van der Waals surface area contributed by atoms with E-state index in [0.717, 1.165) is 21.8 Å². The highest BCUT2D eigenvalue weighted by atomic mass is 32.1. The molecule has 6 nitrogen and oxygen atoms in total. The van der Waals surface area contributed by atoms with Gasteiger partial charge in [0.25, 0.3) is 0 Å². The molecule has 0 radical (unpaired) electrons. The number of hydrogen-bond acceptors (Lipinski definition) is 5. The second kappa shape index (κ2) is 8.99. The minimum atomic E-state index is -0.369. The maximum absolute atomic E-state index is 12.4. The van der Waals surface area contributed by atoms with Crippen molar-refractivity contribution >= 4 is 39.6 Å². The minimum absolute atomic E-state index is 0.316. The number of carbonyl (C=O) groups excluding carboxylic acids is 1. The molecule has 0 aliphatic carbocycles. The summed E-state index contributed by atoms with van der Waals surface area (Å²) in [5, 5.41) is 11.8. The number of aromatic nitrogens is 2. The second-order valence-corrected chi connectivity index (χ2v) is 7.61. The van der Waals surface area contributed by atoms with Crippen LogP contribution in [0.2, 0.25) is 0 Å². The molecular formula is C20H22N4O2S2. The van der Waals surface area contributed by atoms with E-state index in [-0.39, 0.29) is 5.97 Å². The van der Waals surface area contributed by atoms with E-state index in [4.69, 9.17) is 17.0 Å². The average Bonchev–Trinajstić information content (AvgIpc) is 3.24. The summed E-state index contributed by atoms with van der Waals surface area (Å²) in [6.45, 7) is 4.60. The van der Waals surface area contributed by atoms with E-state index in [1.54, 1.807) is 6.92 Å². The largest absolute Gasteiger partial charge is 0.462 e. The zero-order chi connectivity index (χ0) is 20.1. The van der Waals surface area contributed by atoms with Gasteiger partial charge in [0, 0.05) is 17.6 Å². The fraction of sp³-hybridized carbons (Fsp3) is 0.250. The smallest absolute Gasteiger partial charge is 0.341 e. The van der Waals surface area contributed by atoms with E-state index in [1.807, 2.05) is 61.1 Å². The summed E-state index contributed by atoms with van der Waals surface area (Å²) in [6.07, 6.45) is 0. The number of hydrogen-bond donors (Lipinski definition) is 2. The molecule has 0 saturated heterocycles. The van der Waals surface area contributed by atoms with Crippen LogP contribution in [0.25, 0.3) is 10.4 Å². The van der Waals surface area contributed by atoms with Gasteiger partial charge in [-0.1, -0.05) is 30.3 Å². The normalized spacial score (nSPS) is 10.5. The number of aryl methyl sites for hydroxylation is 2. The third kappa shape index (κ3) is 4.76. The third-order valence-corrected chi connectivity index (χ3v) is 5.45. The summed E-state index contributed by atoms with van der Waals surface area (Å²) in [7, 11) is 1.90. The van der Waals surface area contributed by atoms with Gasteiger partial charge in [0.05, 0.1) is 24.4 Å². The van der Waals surface area contributed by atoms with Crippen LogP contribution in [0.15, 0.2) is 42.5 Å². The molecule has 0 fully saturated rings. The molecule has 0 aliphatic heterocycles. The Morgan fingerprint density at radius 3 is 2.68 bits per heavy atom. The zero-order valence-electron chi connectivity index (χ0n) is 16.0. The molecule has 0 saturated carbocycles. The number of ether oxygens (including phenoxy) is 1. The summed E-state index contributed by atoms with van der Waals surface area (Å²) >= 11 is 6.87. The quantitative estimate of drug-likeness (QED) is 0.467. The van der Waals surface area contributed by atoms with Crippen LogP contribution in [0.5, 0.6) is 0 Å². The van der Waals surface area contributed by atoms with Crippen LogP contribution >= 0.6 is 23.6 Å². The Kier molecular flexibility index (Phi) is 6.43. The van der Waals surface area contributed by atoms with E-state index in [9.17, 15) is 4.79 Å². The van der Waals surface area contributed by atoms with Gasteiger partial charge in [-0.2, -0.15) is 5.10 Å². The van der Waals surface area contributed by atoms with Gasteiger partial charge >= 0.3 is 5.97 Å². The summed E-state index contributed by atoms with van der Waals surface area (Å²) < 4.78 is 7.01. The molecule has 0 spiro atoms. The predicted molar refractivity (Wildman–Crippen MR) is 117 cm³/mol. The van der Waals surface area contributed by atoms with Crippen LogP contribution < -0.4 is 10.6 Å². The Morgan fingerprint density at radius 2 is 2.04 bits per heavy atom. The number of esters is 1. The lowest BCUT2D eigenvalue weighted by Crippen LogP contribution is -2.28. The molecule has 0 atom stereocenters. The molecule has 3 aromatic rings. The molecule has 8 heteroatoms. The predicted octanol–water partition coefficient (Wildman–Crippen LogP) is 4.12. The first-order valence-electron chi connectivity index (χ1n) is 8.88. The van der Waals surface area contributed by atoms with Crippen molar-refractivity contribution in [2.75, 3.05) is 11.9 Å². The Balaban J connectivity index is 1.76. The molecule has 2 aromatic heterocycles. The molecule has 0 unspecified atom stereocenters. The number of thiocarbonyl (C=S) groups is 1. The van der Waals surface area contributed by atoms with E-state index < -0.39 is 0 Å². The first-order valence-corrected chi connectivity index (χ1v) is 10.1. The van der Waals surface area contributed by atoms with Gasteiger partial charge in [-0.25, -0.2) is 4.79 Å². The van der Waals surface area contributed by atoms with Crippen molar-refractivity contribution in [2.24, 2.45) is 7.05 Å². The molecular weight excluding hydrogens is 392 g/mol. The van der Waals surface area contributed by atoms with Crippen molar-refractivity contribution < 1.29 is 9.53 Å². The van der Waals surface area contributed by atoms with Crippen LogP contribution in [-0.4, -0.2) is 27.5 Å². The van der Waals surface area contributed by atoms with Gasteiger partial charge < -0.3 is 15.4 Å². The molecule has 146 valence electrons. The number of benzene rings is 1. The van der Waals surface area contributed by atoms with E-state index in [1.165, 1.54) is 11.3 Å². The Bertz CT molecular complexity index is 960. The minimum Gasteiger partial charge on any atom is -0.462 e. The number of nitrogens with zero attached hydrogens (tertiary/aromatic N) is 2. The van der Waals surface area contributed by atoms with Gasteiger partial charge in [0.2, 0.25) is 0 Å². The van der Waals surface area contributed by atoms with Crippen LogP contribution in [0.1, 0.15) is 28.7 Å². The van der Waals surface area contributed by atoms with Gasteiger partial charge in [-0.3, -0.25) is 4.68 Å². The van der Waals surface area contributed by atoms with Crippen molar-refractivity contribution in [2.45, 2.75) is 20.4 Å². The van der Waals surface area contributed by atoms with Gasteiger partial charge in [0.1, 0.15) is 5.00 Å². The average molecular weight is 415 g/mol. The molecule has 28 heavy (non-hydrogen) atoms. The molecule has 2 N–H and O–H groups in total. The van der Waals surface area contributed by atoms with E-state index >= 15 is 0 Å². The summed E-state index contributed by atoms with van der Waals surface area (Å²) in [6, 6.07) is 13.7. The number of nitrogens with one attached hydrogen (secondary N) is 2. The summed E-state index contributed by atoms with van der Waals surface area (Å²) in [5.41, 5.74) is 3.48. The van der Waals surface area contributed by atoms with E-state index in [2.05, 4.69) is 15.7 Å². The molecule has 0 bridgehead atoms. The summed E-state index contributed by atoms with van der Waals surface area (Å²) in [4.78, 5) is 13.3. The Morgan fingerprint density at radius 1 is 1.29 bits per heavy atom. The standard InChI is InChI=1S/C20H22N4O2S2/c1-4-26-19(25)16-11-17(14-8-6-5-7-9-14)28-18(16)22-20(27)21-12-15-10-13(2)24(3)23-15/h5-11H,4,12H2,1-3H3,(H2,21,22,27). The molecule has 3 rings (SSSR count). The maximum Gasteiger partial charge on any atom is 0.341 e. The second-order valence-electron chi connectivity index (χ2n) is 6.15. The van der Waals surface area contributed by atoms with Crippen LogP contribution in [0, 0.1) is 6.92 Å². The Labute approximate surface area is 173 Å². The summed E-state index contributed by atoms with van der Waals surface area (Å²) in [5.74, 6) is -0.369. The van der Waals surface area contributed by atoms with Crippen LogP contribution in [0.3, 0.4) is 0 Å². The Hall–Kier alpha value is -2.71. The monoisotopic (exact) mass is 414 g/mol. The number of thiophene rings is 1. The van der Waals surface area contributed by atoms with Crippen molar-refractivity contribution in [3.8, 4) is 10.4 Å². The van der Waals surface area contributed by atoms with E-state index in [0.29, 0.717) is 28.8 Å². The fourth-order valence-electron chi connectivity index (χ4n) is 2.63. The SMILES string of the molecule is CCOC(=O)c1cc(-c2ccccc2)sc1NC(=S)NCc1cc(C)n(C)n1. The van der Waals surface area contributed by atoms with Crippen molar-refractivity contribution in [3.05, 3.63) is 59.4 Å². The van der Waals surface area contributed by atoms with Crippen molar-refractivity contribution in [1.29, 1.82) is 0 Å². The van der Waals surface area contributed by atoms with Gasteiger partial charge in [-0.05, 0) is 43.8 Å². The highest BCUT2D eigenvalue weighted by molar-refractivity contribution is 7.80. The molecule has 1 aromatic carbocycles. The fourth-order valence-corrected chi connectivity index (χ4v) is 3.92. The first-order chi connectivity index (χ1) is 13.5. The topological polar surface area (TPSA) is 68.2 Å². The van der Waals surface area contributed by atoms with Crippen LogP contribution in [-0.2, 0) is 18.3 Å². The third-order valence-electron chi connectivity index (χ3n) is 4.11. The van der Waals surface area contributed by atoms with Gasteiger partial charge in [0.15, 0.2) is 5.11 Å². The lowest BCUT2D eigenvalue weighted by molar-refractivity contribution is 0.0528. The lowest BCUT2D eigenvalue weighted by Gasteiger charge is -2.09. The van der Waals surface area contributed by atoms with Crippen molar-refractivity contribution in [1.82, 2.24) is 15.1 Å². The number of rotatable bonds is 6. The highest BCUT2D eigenvalue weighted by Gasteiger charge is 2.19. The zero-order valence-corrected chi connectivity index (χ0v) is 17.6. The number of anilines is 1. The lowest BCUT2D eigenvalue weighted by atomic mass is 10.1.